The number of sulfonamides is 1. The number of hydrogen-bond acceptors (Lipinski definition) is 4. The third-order valence-corrected chi connectivity index (χ3v) is 7.30. The highest BCUT2D eigenvalue weighted by atomic mass is 32.2. The van der Waals surface area contributed by atoms with Crippen LogP contribution in [0, 0.1) is 0 Å². The number of rotatable bonds is 4. The van der Waals surface area contributed by atoms with Gasteiger partial charge in [0, 0.05) is 32.0 Å². The molecule has 6 nitrogen and oxygen atoms in total. The summed E-state index contributed by atoms with van der Waals surface area (Å²) in [4.78, 5) is 0. The summed E-state index contributed by atoms with van der Waals surface area (Å²) in [5, 5.41) is 7.77. The Bertz CT molecular complexity index is 802. The summed E-state index contributed by atoms with van der Waals surface area (Å²) in [7, 11) is -1.32. The van der Waals surface area contributed by atoms with Crippen molar-refractivity contribution in [1.29, 1.82) is 0 Å². The lowest BCUT2D eigenvalue weighted by Gasteiger charge is -2.16. The Labute approximate surface area is 136 Å². The quantitative estimate of drug-likeness (QED) is 0.851. The number of hydrogen-bond donors (Lipinski definition) is 0. The molecular formula is C16H20N4O2S. The predicted octanol–water partition coefficient (Wildman–Crippen LogP) is 1.49. The van der Waals surface area contributed by atoms with E-state index in [-0.39, 0.29) is 17.1 Å². The summed E-state index contributed by atoms with van der Waals surface area (Å²) < 4.78 is 29.3. The summed E-state index contributed by atoms with van der Waals surface area (Å²) in [6, 6.07) is 9.94. The van der Waals surface area contributed by atoms with Crippen LogP contribution in [-0.2, 0) is 17.1 Å². The van der Waals surface area contributed by atoms with Crippen LogP contribution in [0.5, 0.6) is 0 Å². The van der Waals surface area contributed by atoms with E-state index in [0.717, 1.165) is 24.2 Å². The lowest BCUT2D eigenvalue weighted by atomic mass is 10.1. The van der Waals surface area contributed by atoms with Crippen molar-refractivity contribution in [3.63, 3.8) is 0 Å². The van der Waals surface area contributed by atoms with Gasteiger partial charge in [0.1, 0.15) is 12.2 Å². The van der Waals surface area contributed by atoms with Crippen LogP contribution in [0.4, 0.5) is 0 Å². The van der Waals surface area contributed by atoms with Crippen molar-refractivity contribution < 1.29 is 8.42 Å². The highest BCUT2D eigenvalue weighted by Crippen LogP contribution is 2.47. The highest BCUT2D eigenvalue weighted by Gasteiger charge is 2.51. The fourth-order valence-corrected chi connectivity index (χ4v) is 5.73. The average molecular weight is 332 g/mol. The van der Waals surface area contributed by atoms with Crippen molar-refractivity contribution in [2.24, 2.45) is 7.05 Å². The molecule has 7 heteroatoms. The van der Waals surface area contributed by atoms with Crippen molar-refractivity contribution in [2.75, 3.05) is 13.1 Å². The van der Waals surface area contributed by atoms with E-state index in [2.05, 4.69) is 10.2 Å². The Morgan fingerprint density at radius 2 is 2.00 bits per heavy atom. The predicted molar refractivity (Wildman–Crippen MR) is 86.4 cm³/mol. The van der Waals surface area contributed by atoms with Crippen LogP contribution in [0.15, 0.2) is 36.7 Å². The van der Waals surface area contributed by atoms with Gasteiger partial charge in [-0.15, -0.1) is 10.2 Å². The van der Waals surface area contributed by atoms with E-state index in [9.17, 15) is 8.42 Å². The minimum absolute atomic E-state index is 0.145. The van der Waals surface area contributed by atoms with E-state index in [1.807, 2.05) is 41.9 Å². The van der Waals surface area contributed by atoms with Crippen LogP contribution >= 0.6 is 0 Å². The Morgan fingerprint density at radius 1 is 1.22 bits per heavy atom. The first-order valence-corrected chi connectivity index (χ1v) is 9.45. The van der Waals surface area contributed by atoms with Gasteiger partial charge in [0.2, 0.25) is 10.0 Å². The zero-order chi connectivity index (χ0) is 16.0. The van der Waals surface area contributed by atoms with Gasteiger partial charge < -0.3 is 4.57 Å². The van der Waals surface area contributed by atoms with E-state index >= 15 is 0 Å². The van der Waals surface area contributed by atoms with E-state index in [0.29, 0.717) is 13.1 Å². The maximum Gasteiger partial charge on any atom is 0.217 e. The van der Waals surface area contributed by atoms with Gasteiger partial charge in [-0.25, -0.2) is 12.7 Å². The number of benzene rings is 1. The van der Waals surface area contributed by atoms with Crippen molar-refractivity contribution in [3.05, 3.63) is 48.0 Å². The Kier molecular flexibility index (Phi) is 3.50. The molecule has 23 heavy (non-hydrogen) atoms. The zero-order valence-electron chi connectivity index (χ0n) is 13.0. The van der Waals surface area contributed by atoms with Gasteiger partial charge in [-0.1, -0.05) is 30.3 Å². The molecule has 3 unspecified atom stereocenters. The fourth-order valence-electron chi connectivity index (χ4n) is 3.58. The molecule has 2 aromatic rings. The lowest BCUT2D eigenvalue weighted by molar-refractivity contribution is 0.468. The van der Waals surface area contributed by atoms with E-state index in [4.69, 9.17) is 0 Å². The maximum absolute atomic E-state index is 12.9. The third kappa shape index (κ3) is 2.57. The molecule has 2 aliphatic rings. The van der Waals surface area contributed by atoms with Crippen LogP contribution in [0.3, 0.4) is 0 Å². The molecule has 2 fully saturated rings. The van der Waals surface area contributed by atoms with E-state index in [1.165, 1.54) is 0 Å². The van der Waals surface area contributed by atoms with Crippen LogP contribution in [-0.4, -0.2) is 45.8 Å². The minimum atomic E-state index is -3.22. The molecule has 0 radical (unpaired) electrons. The minimum Gasteiger partial charge on any atom is -0.320 e. The second-order valence-corrected chi connectivity index (χ2v) is 8.63. The standard InChI is InChI=1S/C16H20N4O2S/c1-19-11-17-18-16(19)13-7-8-20(10-13)23(21,22)15-9-14(15)12-5-3-2-4-6-12/h2-6,11,13-15H,7-10H2,1H3. The molecule has 1 saturated carbocycles. The maximum atomic E-state index is 12.9. The van der Waals surface area contributed by atoms with Crippen molar-refractivity contribution in [3.8, 4) is 0 Å². The van der Waals surface area contributed by atoms with Crippen LogP contribution in [0.2, 0.25) is 0 Å². The van der Waals surface area contributed by atoms with Gasteiger partial charge in [-0.3, -0.25) is 0 Å². The van der Waals surface area contributed by atoms with Gasteiger partial charge in [0.15, 0.2) is 0 Å². The Morgan fingerprint density at radius 3 is 2.70 bits per heavy atom. The normalized spacial score (nSPS) is 28.1. The summed E-state index contributed by atoms with van der Waals surface area (Å²) in [6.45, 7) is 1.10. The molecule has 122 valence electrons. The number of aromatic nitrogens is 3. The van der Waals surface area contributed by atoms with Gasteiger partial charge in [0.25, 0.3) is 0 Å². The second kappa shape index (κ2) is 5.42. The zero-order valence-corrected chi connectivity index (χ0v) is 13.9. The monoisotopic (exact) mass is 332 g/mol. The molecule has 1 aliphatic heterocycles. The van der Waals surface area contributed by atoms with E-state index < -0.39 is 10.0 Å². The Hall–Kier alpha value is -1.73. The number of nitrogens with zero attached hydrogens (tertiary/aromatic N) is 4. The molecule has 1 aromatic heterocycles. The summed E-state index contributed by atoms with van der Waals surface area (Å²) in [5.74, 6) is 1.17. The SMILES string of the molecule is Cn1cnnc1C1CCN(S(=O)(=O)C2CC2c2ccccc2)C1. The van der Waals surface area contributed by atoms with Crippen molar-refractivity contribution >= 4 is 10.0 Å². The van der Waals surface area contributed by atoms with Gasteiger partial charge in [-0.05, 0) is 18.4 Å². The molecule has 3 atom stereocenters. The van der Waals surface area contributed by atoms with E-state index in [1.54, 1.807) is 10.6 Å². The molecule has 0 bridgehead atoms. The molecular weight excluding hydrogens is 312 g/mol. The molecule has 0 spiro atoms. The first-order chi connectivity index (χ1) is 11.1. The lowest BCUT2D eigenvalue weighted by Crippen LogP contribution is -2.32. The first-order valence-electron chi connectivity index (χ1n) is 7.95. The first kappa shape index (κ1) is 14.8. The van der Waals surface area contributed by atoms with Crippen LogP contribution < -0.4 is 0 Å². The topological polar surface area (TPSA) is 68.1 Å². The van der Waals surface area contributed by atoms with Crippen LogP contribution in [0.25, 0.3) is 0 Å². The van der Waals surface area contributed by atoms with Crippen LogP contribution in [0.1, 0.15) is 36.1 Å². The largest absolute Gasteiger partial charge is 0.320 e. The fraction of sp³-hybridized carbons (Fsp3) is 0.500. The molecule has 0 N–H and O–H groups in total. The molecule has 1 aliphatic carbocycles. The van der Waals surface area contributed by atoms with Gasteiger partial charge in [0.05, 0.1) is 5.25 Å². The highest BCUT2D eigenvalue weighted by molar-refractivity contribution is 7.90. The summed E-state index contributed by atoms with van der Waals surface area (Å²) >= 11 is 0. The second-order valence-electron chi connectivity index (χ2n) is 6.48. The molecule has 2 heterocycles. The molecule has 1 saturated heterocycles. The van der Waals surface area contributed by atoms with Crippen molar-refractivity contribution in [1.82, 2.24) is 19.1 Å². The van der Waals surface area contributed by atoms with Gasteiger partial charge in [-0.2, -0.15) is 0 Å². The molecule has 0 amide bonds. The summed E-state index contributed by atoms with van der Waals surface area (Å²) in [5.41, 5.74) is 1.13. The third-order valence-electron chi connectivity index (χ3n) is 4.96. The number of aryl methyl sites for hydroxylation is 1. The summed E-state index contributed by atoms with van der Waals surface area (Å²) in [6.07, 6.45) is 3.21. The molecule has 1 aromatic carbocycles. The Balaban J connectivity index is 1.48. The van der Waals surface area contributed by atoms with Gasteiger partial charge >= 0.3 is 0 Å². The average Bonchev–Trinajstić information content (AvgIpc) is 3.02. The molecule has 4 rings (SSSR count). The smallest absolute Gasteiger partial charge is 0.217 e. The van der Waals surface area contributed by atoms with Crippen molar-refractivity contribution in [2.45, 2.75) is 29.9 Å².